The van der Waals surface area contributed by atoms with E-state index in [4.69, 9.17) is 0 Å². The van der Waals surface area contributed by atoms with Crippen LogP contribution in [0, 0.1) is 0 Å². The molecule has 0 bridgehead atoms. The first-order valence-electron chi connectivity index (χ1n) is 7.91. The Morgan fingerprint density at radius 3 is 2.53 bits per heavy atom. The minimum Gasteiger partial charge on any atom is -0.342 e. The smallest absolute Gasteiger partial charge is 0.236 e. The lowest BCUT2D eigenvalue weighted by molar-refractivity contribution is -0.134. The predicted octanol–water partition coefficient (Wildman–Crippen LogP) is 1.46. The highest BCUT2D eigenvalue weighted by molar-refractivity contribution is 5.78. The second-order valence-electron chi connectivity index (χ2n) is 6.05. The third-order valence-electron chi connectivity index (χ3n) is 4.74. The Hall–Kier alpha value is -0.610. The van der Waals surface area contributed by atoms with Crippen LogP contribution in [0.5, 0.6) is 0 Å². The molecule has 4 heteroatoms. The molecule has 0 aromatic heterocycles. The molecule has 2 atom stereocenters. The van der Waals surface area contributed by atoms with E-state index in [1.165, 1.54) is 38.5 Å². The van der Waals surface area contributed by atoms with Gasteiger partial charge >= 0.3 is 0 Å². The Labute approximate surface area is 117 Å². The van der Waals surface area contributed by atoms with Gasteiger partial charge in [-0.05, 0) is 52.6 Å². The van der Waals surface area contributed by atoms with E-state index in [1.54, 1.807) is 0 Å². The maximum atomic E-state index is 12.4. The zero-order chi connectivity index (χ0) is 13.7. The number of nitrogens with one attached hydrogen (secondary N) is 1. The maximum Gasteiger partial charge on any atom is 0.236 e. The maximum absolute atomic E-state index is 12.4. The molecule has 2 saturated heterocycles. The van der Waals surface area contributed by atoms with Crippen molar-refractivity contribution >= 4 is 5.91 Å². The second kappa shape index (κ2) is 7.25. The number of carbonyl (C=O) groups excluding carboxylic acids is 1. The fraction of sp³-hybridized carbons (Fsp3) is 0.933. The van der Waals surface area contributed by atoms with Crippen LogP contribution in [0.2, 0.25) is 0 Å². The summed E-state index contributed by atoms with van der Waals surface area (Å²) in [5.74, 6) is 0.343. The molecule has 0 radical (unpaired) electrons. The summed E-state index contributed by atoms with van der Waals surface area (Å²) in [6.07, 6.45) is 7.40. The van der Waals surface area contributed by atoms with Crippen molar-refractivity contribution in [3.63, 3.8) is 0 Å². The SMILES string of the molecule is CNC(C)C1CCCCN1CC(=O)N1CCCCC1. The van der Waals surface area contributed by atoms with Crippen LogP contribution in [-0.4, -0.2) is 61.0 Å². The normalized spacial score (nSPS) is 27.3. The standard InChI is InChI=1S/C15H29N3O/c1-13(16-2)14-8-4-7-11-18(14)12-15(19)17-9-5-3-6-10-17/h13-14,16H,3-12H2,1-2H3. The molecule has 2 aliphatic heterocycles. The van der Waals surface area contributed by atoms with Crippen LogP contribution in [0.1, 0.15) is 45.4 Å². The van der Waals surface area contributed by atoms with Crippen LogP contribution in [0.4, 0.5) is 0 Å². The van der Waals surface area contributed by atoms with Gasteiger partial charge in [-0.2, -0.15) is 0 Å². The summed E-state index contributed by atoms with van der Waals surface area (Å²) in [5.41, 5.74) is 0. The van der Waals surface area contributed by atoms with Gasteiger partial charge in [0.25, 0.3) is 0 Å². The van der Waals surface area contributed by atoms with Crippen LogP contribution < -0.4 is 5.32 Å². The Kier molecular flexibility index (Phi) is 5.64. The highest BCUT2D eigenvalue weighted by Crippen LogP contribution is 2.20. The van der Waals surface area contributed by atoms with Crippen LogP contribution >= 0.6 is 0 Å². The molecule has 0 aliphatic carbocycles. The number of likely N-dealkylation sites (tertiary alicyclic amines) is 2. The van der Waals surface area contributed by atoms with Crippen molar-refractivity contribution in [3.05, 3.63) is 0 Å². The third-order valence-corrected chi connectivity index (χ3v) is 4.74. The molecule has 0 spiro atoms. The lowest BCUT2D eigenvalue weighted by Gasteiger charge is -2.40. The fourth-order valence-corrected chi connectivity index (χ4v) is 3.39. The van der Waals surface area contributed by atoms with Crippen molar-refractivity contribution in [1.82, 2.24) is 15.1 Å². The number of carbonyl (C=O) groups is 1. The van der Waals surface area contributed by atoms with Crippen molar-refractivity contribution in [3.8, 4) is 0 Å². The van der Waals surface area contributed by atoms with Gasteiger partial charge < -0.3 is 10.2 Å². The number of piperidine rings is 2. The molecule has 19 heavy (non-hydrogen) atoms. The number of amides is 1. The van der Waals surface area contributed by atoms with E-state index in [9.17, 15) is 4.79 Å². The summed E-state index contributed by atoms with van der Waals surface area (Å²) in [5, 5.41) is 3.35. The quantitative estimate of drug-likeness (QED) is 0.837. The predicted molar refractivity (Wildman–Crippen MR) is 78.2 cm³/mol. The molecule has 2 aliphatic rings. The summed E-state index contributed by atoms with van der Waals surface area (Å²) in [7, 11) is 2.02. The lowest BCUT2D eigenvalue weighted by Crippen LogP contribution is -2.53. The number of hydrogen-bond acceptors (Lipinski definition) is 3. The van der Waals surface area contributed by atoms with Gasteiger partial charge in [-0.1, -0.05) is 6.42 Å². The van der Waals surface area contributed by atoms with Gasteiger partial charge in [0.1, 0.15) is 0 Å². The molecule has 0 aromatic rings. The molecule has 0 saturated carbocycles. The van der Waals surface area contributed by atoms with Gasteiger partial charge in [-0.25, -0.2) is 0 Å². The van der Waals surface area contributed by atoms with Gasteiger partial charge in [0.2, 0.25) is 5.91 Å². The Morgan fingerprint density at radius 2 is 1.84 bits per heavy atom. The van der Waals surface area contributed by atoms with Crippen molar-refractivity contribution in [2.45, 2.75) is 57.5 Å². The van der Waals surface area contributed by atoms with E-state index in [1.807, 2.05) is 7.05 Å². The Morgan fingerprint density at radius 1 is 1.16 bits per heavy atom. The van der Waals surface area contributed by atoms with Crippen molar-refractivity contribution < 1.29 is 4.79 Å². The zero-order valence-corrected chi connectivity index (χ0v) is 12.5. The Balaban J connectivity index is 1.89. The molecular weight excluding hydrogens is 238 g/mol. The number of hydrogen-bond donors (Lipinski definition) is 1. The largest absolute Gasteiger partial charge is 0.342 e. The summed E-state index contributed by atoms with van der Waals surface area (Å²) >= 11 is 0. The molecule has 0 aromatic carbocycles. The van der Waals surface area contributed by atoms with E-state index in [0.717, 1.165) is 19.6 Å². The van der Waals surface area contributed by atoms with Crippen molar-refractivity contribution in [2.75, 3.05) is 33.2 Å². The first-order chi connectivity index (χ1) is 9.22. The van der Waals surface area contributed by atoms with Crippen LogP contribution in [-0.2, 0) is 4.79 Å². The second-order valence-corrected chi connectivity index (χ2v) is 6.05. The fourth-order valence-electron chi connectivity index (χ4n) is 3.39. The van der Waals surface area contributed by atoms with Crippen LogP contribution in [0.25, 0.3) is 0 Å². The summed E-state index contributed by atoms with van der Waals surface area (Å²) in [6, 6.07) is 0.988. The topological polar surface area (TPSA) is 35.6 Å². The zero-order valence-electron chi connectivity index (χ0n) is 12.5. The van der Waals surface area contributed by atoms with E-state index in [0.29, 0.717) is 24.5 Å². The molecule has 1 amide bonds. The number of likely N-dealkylation sites (N-methyl/N-ethyl adjacent to an activating group) is 1. The molecule has 4 nitrogen and oxygen atoms in total. The minimum absolute atomic E-state index is 0.343. The van der Waals surface area contributed by atoms with Gasteiger partial charge in [0.15, 0.2) is 0 Å². The summed E-state index contributed by atoms with van der Waals surface area (Å²) in [4.78, 5) is 16.9. The summed E-state index contributed by atoms with van der Waals surface area (Å²) < 4.78 is 0. The molecule has 1 N–H and O–H groups in total. The molecular formula is C15H29N3O. The van der Waals surface area contributed by atoms with E-state index >= 15 is 0 Å². The van der Waals surface area contributed by atoms with Crippen LogP contribution in [0.15, 0.2) is 0 Å². The first-order valence-corrected chi connectivity index (χ1v) is 7.91. The van der Waals surface area contributed by atoms with E-state index < -0.39 is 0 Å². The highest BCUT2D eigenvalue weighted by Gasteiger charge is 2.29. The van der Waals surface area contributed by atoms with E-state index in [-0.39, 0.29) is 0 Å². The average Bonchev–Trinajstić information content (AvgIpc) is 2.48. The van der Waals surface area contributed by atoms with Gasteiger partial charge in [0, 0.05) is 25.2 Å². The Bertz CT molecular complexity index is 289. The summed E-state index contributed by atoms with van der Waals surface area (Å²) in [6.45, 7) is 5.87. The van der Waals surface area contributed by atoms with E-state index in [2.05, 4.69) is 22.0 Å². The molecule has 2 fully saturated rings. The minimum atomic E-state index is 0.343. The third kappa shape index (κ3) is 3.93. The average molecular weight is 267 g/mol. The molecule has 110 valence electrons. The van der Waals surface area contributed by atoms with Gasteiger partial charge in [-0.3, -0.25) is 9.69 Å². The lowest BCUT2D eigenvalue weighted by atomic mass is 9.96. The number of nitrogens with zero attached hydrogens (tertiary/aromatic N) is 2. The molecule has 2 heterocycles. The number of rotatable bonds is 4. The van der Waals surface area contributed by atoms with Crippen LogP contribution in [0.3, 0.4) is 0 Å². The molecule has 2 rings (SSSR count). The highest BCUT2D eigenvalue weighted by atomic mass is 16.2. The van der Waals surface area contributed by atoms with Crippen molar-refractivity contribution in [1.29, 1.82) is 0 Å². The van der Waals surface area contributed by atoms with Crippen molar-refractivity contribution in [2.24, 2.45) is 0 Å². The molecule has 2 unspecified atom stereocenters. The van der Waals surface area contributed by atoms with Gasteiger partial charge in [0.05, 0.1) is 6.54 Å². The monoisotopic (exact) mass is 267 g/mol. The van der Waals surface area contributed by atoms with Gasteiger partial charge in [-0.15, -0.1) is 0 Å². The first kappa shape index (κ1) is 14.8.